The molecule has 15 heavy (non-hydrogen) atoms. The van der Waals surface area contributed by atoms with Crippen LogP contribution in [-0.4, -0.2) is 13.9 Å². The Bertz CT molecular complexity index is 280. The smallest absolute Gasteiger partial charge is 0.699 e. The standard InChI is InChI=1S/C8H9N2O2.CH3B.Na/c9-7-3-1-6(2-4-7)5-12-8(10)11;1-2;/h1-4,9H,5H2,(H2,10,11);1H3;/q-1;;+1. The van der Waals surface area contributed by atoms with E-state index in [1.807, 2.05) is 0 Å². The van der Waals surface area contributed by atoms with Gasteiger partial charge in [0.05, 0.1) is 7.85 Å². The number of amides is 1. The van der Waals surface area contributed by atoms with Crippen LogP contribution in [0, 0.1) is 0 Å². The summed E-state index contributed by atoms with van der Waals surface area (Å²) in [5, 5.41) is 0. The van der Waals surface area contributed by atoms with Crippen molar-refractivity contribution in [2.75, 3.05) is 0 Å². The van der Waals surface area contributed by atoms with Crippen molar-refractivity contribution >= 4 is 19.6 Å². The van der Waals surface area contributed by atoms with Gasteiger partial charge in [-0.15, -0.1) is 5.69 Å². The number of rotatable bonds is 2. The third kappa shape index (κ3) is 8.36. The van der Waals surface area contributed by atoms with Crippen LogP contribution in [0.4, 0.5) is 10.5 Å². The van der Waals surface area contributed by atoms with Gasteiger partial charge in [-0.2, -0.15) is 0 Å². The summed E-state index contributed by atoms with van der Waals surface area (Å²) in [6.45, 7) is 1.66. The van der Waals surface area contributed by atoms with Crippen LogP contribution in [0.2, 0.25) is 6.82 Å². The van der Waals surface area contributed by atoms with Gasteiger partial charge in [0.2, 0.25) is 0 Å². The fraction of sp³-hybridized carbons (Fsp3) is 0.222. The maximum atomic E-state index is 10.2. The summed E-state index contributed by atoms with van der Waals surface area (Å²) < 4.78 is 4.55. The molecule has 2 radical (unpaired) electrons. The first-order valence-electron chi connectivity index (χ1n) is 3.99. The van der Waals surface area contributed by atoms with Crippen molar-refractivity contribution in [3.05, 3.63) is 35.6 Å². The van der Waals surface area contributed by atoms with Crippen LogP contribution in [0.5, 0.6) is 0 Å². The van der Waals surface area contributed by atoms with E-state index in [1.54, 1.807) is 24.3 Å². The predicted molar refractivity (Wildman–Crippen MR) is 56.4 cm³/mol. The van der Waals surface area contributed by atoms with Crippen LogP contribution in [0.15, 0.2) is 24.3 Å². The predicted octanol–water partition coefficient (Wildman–Crippen LogP) is -0.827. The van der Waals surface area contributed by atoms with Crippen molar-refractivity contribution in [2.45, 2.75) is 13.4 Å². The molecule has 0 heterocycles. The Kier molecular flexibility index (Phi) is 11.1. The Labute approximate surface area is 113 Å². The Morgan fingerprint density at radius 2 is 1.87 bits per heavy atom. The van der Waals surface area contributed by atoms with Gasteiger partial charge in [-0.05, 0) is 5.56 Å². The number of ether oxygens (including phenoxy) is 1. The van der Waals surface area contributed by atoms with Crippen LogP contribution in [-0.2, 0) is 11.3 Å². The SMILES string of the molecule is [B]C.[NH-]c1ccc(COC(N)=O)cc1.[Na+]. The molecule has 0 spiro atoms. The van der Waals surface area contributed by atoms with Crippen LogP contribution in [0.25, 0.3) is 5.73 Å². The Morgan fingerprint density at radius 1 is 1.40 bits per heavy atom. The third-order valence-corrected chi connectivity index (χ3v) is 1.34. The molecule has 0 unspecified atom stereocenters. The van der Waals surface area contributed by atoms with Crippen molar-refractivity contribution < 1.29 is 39.1 Å². The largest absolute Gasteiger partial charge is 1.00 e. The van der Waals surface area contributed by atoms with Crippen LogP contribution >= 0.6 is 0 Å². The third-order valence-electron chi connectivity index (χ3n) is 1.34. The molecule has 0 aliphatic rings. The van der Waals surface area contributed by atoms with Gasteiger partial charge in [0.15, 0.2) is 0 Å². The maximum Gasteiger partial charge on any atom is 1.00 e. The van der Waals surface area contributed by atoms with Gasteiger partial charge >= 0.3 is 35.7 Å². The molecule has 6 heteroatoms. The second kappa shape index (κ2) is 9.89. The normalized spacial score (nSPS) is 7.80. The molecule has 0 aliphatic carbocycles. The van der Waals surface area contributed by atoms with Crippen molar-refractivity contribution in [3.8, 4) is 0 Å². The molecule has 1 rings (SSSR count). The molecule has 0 fully saturated rings. The summed E-state index contributed by atoms with van der Waals surface area (Å²) in [6.07, 6.45) is -0.787. The maximum absolute atomic E-state index is 10.2. The summed E-state index contributed by atoms with van der Waals surface area (Å²) in [5.41, 5.74) is 13.2. The number of primary amides is 1. The molecule has 0 saturated carbocycles. The molecule has 1 amide bonds. The average Bonchev–Trinajstić information content (AvgIpc) is 2.20. The second-order valence-corrected chi connectivity index (χ2v) is 2.30. The van der Waals surface area contributed by atoms with E-state index in [4.69, 9.17) is 11.5 Å². The molecule has 0 saturated heterocycles. The van der Waals surface area contributed by atoms with E-state index < -0.39 is 6.09 Å². The Morgan fingerprint density at radius 3 is 2.27 bits per heavy atom. The number of benzene rings is 1. The molecule has 0 atom stereocenters. The molecular weight excluding hydrogens is 202 g/mol. The number of carbonyl (C=O) groups is 1. The minimum absolute atomic E-state index is 0. The summed E-state index contributed by atoms with van der Waals surface area (Å²) in [5.74, 6) is 0. The molecular formula is C9H12BN2NaO2. The van der Waals surface area contributed by atoms with E-state index in [-0.39, 0.29) is 36.2 Å². The van der Waals surface area contributed by atoms with E-state index in [9.17, 15) is 4.79 Å². The quantitative estimate of drug-likeness (QED) is 0.652. The van der Waals surface area contributed by atoms with Gasteiger partial charge < -0.3 is 16.2 Å². The monoisotopic (exact) mass is 214 g/mol. The van der Waals surface area contributed by atoms with Crippen molar-refractivity contribution in [2.24, 2.45) is 5.73 Å². The van der Waals surface area contributed by atoms with E-state index in [1.165, 1.54) is 6.82 Å². The zero-order chi connectivity index (χ0) is 11.0. The molecule has 0 aliphatic heterocycles. The van der Waals surface area contributed by atoms with Crippen LogP contribution in [0.1, 0.15) is 5.56 Å². The number of nitrogens with one attached hydrogen (secondary N) is 1. The van der Waals surface area contributed by atoms with Crippen molar-refractivity contribution in [3.63, 3.8) is 0 Å². The first kappa shape index (κ1) is 16.8. The number of hydrogen-bond donors (Lipinski definition) is 1. The number of carbonyl (C=O) groups excluding carboxylic acids is 1. The zero-order valence-corrected chi connectivity index (χ0v) is 11.0. The van der Waals surface area contributed by atoms with Crippen LogP contribution < -0.4 is 35.3 Å². The van der Waals surface area contributed by atoms with Gasteiger partial charge in [-0.3, -0.25) is 0 Å². The van der Waals surface area contributed by atoms with Gasteiger partial charge in [0.25, 0.3) is 0 Å². The van der Waals surface area contributed by atoms with E-state index >= 15 is 0 Å². The summed E-state index contributed by atoms with van der Waals surface area (Å²) in [6, 6.07) is 6.68. The van der Waals surface area contributed by atoms with E-state index in [2.05, 4.69) is 12.6 Å². The number of nitrogens with two attached hydrogens (primary N) is 1. The molecule has 1 aromatic rings. The first-order chi connectivity index (χ1) is 6.68. The van der Waals surface area contributed by atoms with Gasteiger partial charge in [-0.25, -0.2) is 4.79 Å². The Balaban J connectivity index is 0. The molecule has 0 aromatic heterocycles. The minimum atomic E-state index is -0.787. The van der Waals surface area contributed by atoms with Gasteiger partial charge in [-0.1, -0.05) is 31.1 Å². The average molecular weight is 214 g/mol. The molecule has 1 aromatic carbocycles. The van der Waals surface area contributed by atoms with Gasteiger partial charge in [0, 0.05) is 0 Å². The zero-order valence-electron chi connectivity index (χ0n) is 8.99. The van der Waals surface area contributed by atoms with Gasteiger partial charge in [0.1, 0.15) is 6.61 Å². The summed E-state index contributed by atoms with van der Waals surface area (Å²) in [7, 11) is 4.50. The first-order valence-corrected chi connectivity index (χ1v) is 3.99. The van der Waals surface area contributed by atoms with Crippen molar-refractivity contribution in [1.29, 1.82) is 0 Å². The Hall–Kier alpha value is -0.645. The molecule has 3 N–H and O–H groups in total. The van der Waals surface area contributed by atoms with E-state index in [0.29, 0.717) is 5.69 Å². The van der Waals surface area contributed by atoms with E-state index in [0.717, 1.165) is 5.56 Å². The second-order valence-electron chi connectivity index (χ2n) is 2.30. The van der Waals surface area contributed by atoms with Crippen LogP contribution in [0.3, 0.4) is 0 Å². The summed E-state index contributed by atoms with van der Waals surface area (Å²) >= 11 is 0. The fourth-order valence-corrected chi connectivity index (χ4v) is 0.755. The molecule has 0 bridgehead atoms. The fourth-order valence-electron chi connectivity index (χ4n) is 0.755. The molecule has 74 valence electrons. The minimum Gasteiger partial charge on any atom is -0.699 e. The van der Waals surface area contributed by atoms with Crippen molar-refractivity contribution in [1.82, 2.24) is 0 Å². The topological polar surface area (TPSA) is 76.1 Å². The number of hydrogen-bond acceptors (Lipinski definition) is 2. The summed E-state index contributed by atoms with van der Waals surface area (Å²) in [4.78, 5) is 10.2. The molecule has 4 nitrogen and oxygen atoms in total.